The van der Waals surface area contributed by atoms with E-state index < -0.39 is 65.7 Å². The van der Waals surface area contributed by atoms with Crippen LogP contribution in [-0.2, 0) is 61.0 Å². The smallest absolute Gasteiger partial charge is 0.326 e. The molecule has 0 fully saturated rings. The molecule has 0 saturated heterocycles. The number of carbonyl (C=O) groups excluding carboxylic acids is 5. The van der Waals surface area contributed by atoms with Crippen molar-refractivity contribution in [3.63, 3.8) is 0 Å². The Balaban J connectivity index is 1.41. The maximum Gasteiger partial charge on any atom is 0.326 e. The third-order valence-electron chi connectivity index (χ3n) is 9.67. The quantitative estimate of drug-likeness (QED) is 0.0825. The summed E-state index contributed by atoms with van der Waals surface area (Å²) in [7, 11) is 0. The molecule has 0 radical (unpaired) electrons. The highest BCUT2D eigenvalue weighted by Gasteiger charge is 2.38. The Morgan fingerprint density at radius 3 is 1.71 bits per heavy atom. The number of nitrogens with zero attached hydrogens (tertiary/aromatic N) is 1. The largest absolute Gasteiger partial charge is 0.508 e. The lowest BCUT2D eigenvalue weighted by atomic mass is 9.92. The molecule has 0 unspecified atom stereocenters. The minimum Gasteiger partial charge on any atom is -0.508 e. The van der Waals surface area contributed by atoms with Crippen molar-refractivity contribution in [1.82, 2.24) is 20.9 Å². The zero-order chi connectivity index (χ0) is 40.2. The number of aliphatic carboxylic acids is 1. The van der Waals surface area contributed by atoms with Gasteiger partial charge in [0.2, 0.25) is 29.5 Å². The first-order valence-corrected chi connectivity index (χ1v) is 18.3. The van der Waals surface area contributed by atoms with Gasteiger partial charge in [-0.15, -0.1) is 0 Å². The number of amides is 5. The SMILES string of the molecule is NC(=O)CC[C@@H](NC(=O)[C@H](Cc1ccccc1)NC(=O)[C@H](Cc1ccccc1)NC(=O)[C@@H]1Cc2ccccc2CN1C(=O)[C@@H](N)Cc1ccc(O)cc1)C(=O)O. The number of hydrogen-bond acceptors (Lipinski definition) is 8. The van der Waals surface area contributed by atoms with Gasteiger partial charge in [0.05, 0.1) is 6.04 Å². The Morgan fingerprint density at radius 2 is 1.16 bits per heavy atom. The van der Waals surface area contributed by atoms with E-state index in [2.05, 4.69) is 16.0 Å². The summed E-state index contributed by atoms with van der Waals surface area (Å²) in [5.74, 6) is -4.66. The van der Waals surface area contributed by atoms with E-state index in [0.717, 1.165) is 16.7 Å². The molecule has 14 heteroatoms. The van der Waals surface area contributed by atoms with Crippen molar-refractivity contribution in [2.24, 2.45) is 11.5 Å². The predicted octanol–water partition coefficient (Wildman–Crippen LogP) is 1.51. The molecule has 292 valence electrons. The number of carboxylic acids is 1. The number of phenols is 1. The van der Waals surface area contributed by atoms with Crippen LogP contribution in [0.3, 0.4) is 0 Å². The van der Waals surface area contributed by atoms with Crippen molar-refractivity contribution >= 4 is 35.5 Å². The van der Waals surface area contributed by atoms with Gasteiger partial charge in [-0.3, -0.25) is 24.0 Å². The number of aromatic hydroxyl groups is 1. The van der Waals surface area contributed by atoms with E-state index in [1.54, 1.807) is 72.8 Å². The Bertz CT molecular complexity index is 2010. The third kappa shape index (κ3) is 11.2. The second-order valence-electron chi connectivity index (χ2n) is 13.8. The minimum absolute atomic E-state index is 0.0199. The number of rotatable bonds is 17. The number of benzene rings is 4. The van der Waals surface area contributed by atoms with Crippen molar-refractivity contribution in [1.29, 1.82) is 0 Å². The summed E-state index contributed by atoms with van der Waals surface area (Å²) >= 11 is 0. The van der Waals surface area contributed by atoms with Crippen LogP contribution in [0, 0.1) is 0 Å². The summed E-state index contributed by atoms with van der Waals surface area (Å²) in [5, 5.41) is 27.5. The van der Waals surface area contributed by atoms with Crippen LogP contribution in [0.2, 0.25) is 0 Å². The van der Waals surface area contributed by atoms with Gasteiger partial charge in [0.1, 0.15) is 29.9 Å². The molecule has 1 heterocycles. The monoisotopic (exact) mass is 762 g/mol. The molecule has 1 aliphatic rings. The van der Waals surface area contributed by atoms with E-state index >= 15 is 0 Å². The van der Waals surface area contributed by atoms with Crippen LogP contribution in [0.5, 0.6) is 5.75 Å². The van der Waals surface area contributed by atoms with Gasteiger partial charge in [-0.2, -0.15) is 0 Å². The highest BCUT2D eigenvalue weighted by molar-refractivity contribution is 5.96. The van der Waals surface area contributed by atoms with Gasteiger partial charge < -0.3 is 42.5 Å². The summed E-state index contributed by atoms with van der Waals surface area (Å²) < 4.78 is 0. The zero-order valence-electron chi connectivity index (χ0n) is 30.7. The summed E-state index contributed by atoms with van der Waals surface area (Å²) in [5.41, 5.74) is 15.5. The van der Waals surface area contributed by atoms with Crippen LogP contribution in [0.15, 0.2) is 109 Å². The van der Waals surface area contributed by atoms with Gasteiger partial charge in [0.15, 0.2) is 0 Å². The van der Waals surface area contributed by atoms with Gasteiger partial charge in [0.25, 0.3) is 0 Å². The average molecular weight is 763 g/mol. The Hall–Kier alpha value is -6.54. The number of carbonyl (C=O) groups is 6. The number of primary amides is 1. The molecule has 0 aliphatic carbocycles. The molecule has 9 N–H and O–H groups in total. The summed E-state index contributed by atoms with van der Waals surface area (Å²) in [6, 6.07) is 25.5. The molecule has 4 aromatic rings. The standard InChI is InChI=1S/C42H46N6O8/c43-32(21-28-15-17-31(49)18-16-28)41(54)48-25-30-14-8-7-13-29(30)24-36(48)40(53)47-35(23-27-11-5-2-6-12-27)39(52)46-34(22-26-9-3-1-4-10-26)38(51)45-33(42(55)56)19-20-37(44)50/h1-18,32-36,49H,19-25,43H2,(H2,44,50)(H,45,51)(H,46,52)(H,47,53)(H,55,56)/t32-,33+,34-,35-,36-/m0/s1. The van der Waals surface area contributed by atoms with Crippen LogP contribution >= 0.6 is 0 Å². The fraction of sp³-hybridized carbons (Fsp3) is 0.286. The van der Waals surface area contributed by atoms with E-state index in [1.807, 2.05) is 24.3 Å². The second kappa shape index (κ2) is 19.2. The highest BCUT2D eigenvalue weighted by Crippen LogP contribution is 2.25. The number of carboxylic acid groups (broad SMARTS) is 1. The number of fused-ring (bicyclic) bond motifs is 1. The molecule has 0 spiro atoms. The Morgan fingerprint density at radius 1 is 0.661 bits per heavy atom. The summed E-state index contributed by atoms with van der Waals surface area (Å²) in [4.78, 5) is 81.1. The van der Waals surface area contributed by atoms with Crippen LogP contribution in [0.1, 0.15) is 40.7 Å². The van der Waals surface area contributed by atoms with Gasteiger partial charge in [0, 0.05) is 32.2 Å². The average Bonchev–Trinajstić information content (AvgIpc) is 3.19. The molecule has 4 aromatic carbocycles. The van der Waals surface area contributed by atoms with Gasteiger partial charge in [-0.05, 0) is 52.8 Å². The van der Waals surface area contributed by atoms with Gasteiger partial charge in [-0.25, -0.2) is 4.79 Å². The minimum atomic E-state index is -1.46. The molecule has 5 rings (SSSR count). The molecule has 5 amide bonds. The molecule has 0 aromatic heterocycles. The van der Waals surface area contributed by atoms with Crippen molar-refractivity contribution in [3.8, 4) is 5.75 Å². The normalized spacial score (nSPS) is 15.6. The summed E-state index contributed by atoms with van der Waals surface area (Å²) in [6.45, 7) is 0.103. The second-order valence-corrected chi connectivity index (χ2v) is 13.8. The van der Waals surface area contributed by atoms with Gasteiger partial charge in [-0.1, -0.05) is 97.1 Å². The molecule has 14 nitrogen and oxygen atoms in total. The van der Waals surface area contributed by atoms with Crippen LogP contribution in [-0.4, -0.2) is 80.8 Å². The van der Waals surface area contributed by atoms with Crippen LogP contribution in [0.25, 0.3) is 0 Å². The fourth-order valence-corrected chi connectivity index (χ4v) is 6.65. The van der Waals surface area contributed by atoms with Gasteiger partial charge >= 0.3 is 5.97 Å². The van der Waals surface area contributed by atoms with Crippen molar-refractivity contribution in [2.45, 2.75) is 75.3 Å². The highest BCUT2D eigenvalue weighted by atomic mass is 16.4. The molecule has 0 bridgehead atoms. The summed E-state index contributed by atoms with van der Waals surface area (Å²) in [6.07, 6.45) is -0.237. The molecule has 5 atom stereocenters. The topological polar surface area (TPSA) is 234 Å². The van der Waals surface area contributed by atoms with Crippen LogP contribution in [0.4, 0.5) is 0 Å². The van der Waals surface area contributed by atoms with Crippen molar-refractivity contribution in [2.75, 3.05) is 0 Å². The molecule has 56 heavy (non-hydrogen) atoms. The van der Waals surface area contributed by atoms with E-state index in [1.165, 1.54) is 17.0 Å². The number of nitrogens with two attached hydrogens (primary N) is 2. The van der Waals surface area contributed by atoms with E-state index in [0.29, 0.717) is 11.1 Å². The molecule has 0 saturated carbocycles. The van der Waals surface area contributed by atoms with E-state index in [4.69, 9.17) is 11.5 Å². The first-order valence-electron chi connectivity index (χ1n) is 18.3. The lowest BCUT2D eigenvalue weighted by Gasteiger charge is -2.38. The lowest BCUT2D eigenvalue weighted by molar-refractivity contribution is -0.143. The van der Waals surface area contributed by atoms with Crippen molar-refractivity contribution in [3.05, 3.63) is 137 Å². The Kier molecular flexibility index (Phi) is 13.9. The van der Waals surface area contributed by atoms with Crippen LogP contribution < -0.4 is 27.4 Å². The number of nitrogens with one attached hydrogen (secondary N) is 3. The third-order valence-corrected chi connectivity index (χ3v) is 9.67. The fourth-order valence-electron chi connectivity index (χ4n) is 6.65. The molecular weight excluding hydrogens is 716 g/mol. The number of hydrogen-bond donors (Lipinski definition) is 7. The first-order chi connectivity index (χ1) is 26.9. The van der Waals surface area contributed by atoms with E-state index in [9.17, 15) is 39.0 Å². The van der Waals surface area contributed by atoms with E-state index in [-0.39, 0.29) is 50.8 Å². The van der Waals surface area contributed by atoms with Crippen molar-refractivity contribution < 1.29 is 39.0 Å². The molecule has 1 aliphatic heterocycles. The molecular formula is C42H46N6O8. The predicted molar refractivity (Wildman–Crippen MR) is 206 cm³/mol. The lowest BCUT2D eigenvalue weighted by Crippen LogP contribution is -2.61. The number of phenolic OH excluding ortho intramolecular Hbond substituents is 1. The maximum atomic E-state index is 14.4. The first kappa shape index (κ1) is 40.6. The Labute approximate surface area is 324 Å². The maximum absolute atomic E-state index is 14.4. The zero-order valence-corrected chi connectivity index (χ0v) is 30.7.